The molecule has 0 amide bonds. The van der Waals surface area contributed by atoms with Gasteiger partial charge < -0.3 is 40.2 Å². The van der Waals surface area contributed by atoms with Crippen molar-refractivity contribution in [2.75, 3.05) is 32.0 Å². The molecule has 18 heteroatoms. The third-order valence-corrected chi connectivity index (χ3v) is 14.7. The number of rotatable bonds is 12. The number of methoxy groups -OCH3 is 3. The summed E-state index contributed by atoms with van der Waals surface area (Å²) in [5.41, 5.74) is 5.04. The number of fused-ring (bicyclic) bond motifs is 2. The van der Waals surface area contributed by atoms with E-state index in [0.29, 0.717) is 63.2 Å². The Morgan fingerprint density at radius 3 is 1.51 bits per heavy atom. The standard InChI is InChI=1S/C27H26N4O4S.C26H24N4O4S/c1-16-11-21(30-24(12-16)31-23-14-19(34-2)8-10-28-23)22-15-29-26(36-22)27(33)9-4-5-17-13-18(25(32)35-3)6-7-20(17)27;1-15-10-20(29-23(11-15)30-22-13-18(34-2)7-9-27-22)21-14-28-25(35-21)26(33)8-3-4-16-12-17(24(31)32)5-6-19(16)26/h6-8,10-15,33H,4-5,9H2,1-3H3,(H,28,30,31);5-7,9-14,33H,3-4,8H2,1-2H3,(H,31,32)(H,27,29,30). The van der Waals surface area contributed by atoms with Crippen molar-refractivity contribution >= 4 is 57.9 Å². The molecule has 0 radical (unpaired) electrons. The molecule has 0 fully saturated rings. The number of esters is 1. The van der Waals surface area contributed by atoms with Crippen LogP contribution in [0.25, 0.3) is 21.1 Å². The Hall–Kier alpha value is -7.64. The highest BCUT2D eigenvalue weighted by molar-refractivity contribution is 7.15. The molecule has 2 aliphatic carbocycles. The molecule has 362 valence electrons. The van der Waals surface area contributed by atoms with E-state index in [-0.39, 0.29) is 11.5 Å². The van der Waals surface area contributed by atoms with Crippen LogP contribution in [0.5, 0.6) is 11.5 Å². The Balaban J connectivity index is 0.000000176. The number of aryl methyl sites for hydroxylation is 4. The predicted molar refractivity (Wildman–Crippen MR) is 271 cm³/mol. The normalized spacial score (nSPS) is 16.9. The second kappa shape index (κ2) is 20.4. The number of carbonyl (C=O) groups excluding carboxylic acids is 1. The van der Waals surface area contributed by atoms with Crippen LogP contribution in [0.15, 0.2) is 110 Å². The Bertz CT molecular complexity index is 3290. The molecule has 8 aromatic rings. The maximum Gasteiger partial charge on any atom is 0.337 e. The summed E-state index contributed by atoms with van der Waals surface area (Å²) >= 11 is 2.81. The third kappa shape index (κ3) is 10.3. The van der Waals surface area contributed by atoms with Crippen molar-refractivity contribution in [1.82, 2.24) is 29.9 Å². The van der Waals surface area contributed by atoms with Gasteiger partial charge in [0.05, 0.1) is 53.6 Å². The lowest BCUT2D eigenvalue weighted by molar-refractivity contribution is 0.0582. The van der Waals surface area contributed by atoms with E-state index in [2.05, 4.69) is 30.6 Å². The van der Waals surface area contributed by atoms with Gasteiger partial charge in [-0.2, -0.15) is 0 Å². The number of benzene rings is 2. The van der Waals surface area contributed by atoms with Crippen LogP contribution in [0.1, 0.15) is 89.8 Å². The van der Waals surface area contributed by atoms with Crippen molar-refractivity contribution in [1.29, 1.82) is 0 Å². The largest absolute Gasteiger partial charge is 0.497 e. The number of aromatic carboxylic acids is 1. The van der Waals surface area contributed by atoms with Crippen molar-refractivity contribution in [3.63, 3.8) is 0 Å². The van der Waals surface area contributed by atoms with Gasteiger partial charge in [0.25, 0.3) is 0 Å². The number of aromatic nitrogens is 6. The van der Waals surface area contributed by atoms with Crippen LogP contribution in [0.4, 0.5) is 23.3 Å². The van der Waals surface area contributed by atoms with Crippen molar-refractivity contribution < 1.29 is 39.1 Å². The first-order chi connectivity index (χ1) is 34.2. The van der Waals surface area contributed by atoms with E-state index in [9.17, 15) is 24.9 Å². The molecule has 71 heavy (non-hydrogen) atoms. The summed E-state index contributed by atoms with van der Waals surface area (Å²) in [4.78, 5) is 52.4. The van der Waals surface area contributed by atoms with Crippen LogP contribution < -0.4 is 20.1 Å². The smallest absolute Gasteiger partial charge is 0.337 e. The van der Waals surface area contributed by atoms with Gasteiger partial charge in [-0.3, -0.25) is 0 Å². The predicted octanol–water partition coefficient (Wildman–Crippen LogP) is 9.95. The molecule has 2 aromatic carbocycles. The fourth-order valence-corrected chi connectivity index (χ4v) is 10.9. The number of ether oxygens (including phenoxy) is 3. The zero-order valence-electron chi connectivity index (χ0n) is 39.5. The number of hydrogen-bond donors (Lipinski definition) is 5. The average molecular weight is 991 g/mol. The molecule has 2 atom stereocenters. The molecular weight excluding hydrogens is 941 g/mol. The number of carbonyl (C=O) groups is 2. The SMILES string of the molecule is COC(=O)c1ccc2c(c1)CCCC2(O)c1ncc(-c2cc(C)cc(Nc3cc(OC)ccn3)n2)s1.COc1ccnc(Nc2cc(C)cc(-c3cnc(C4(O)CCCc5cc(C(=O)O)ccc54)s3)n2)c1. The first-order valence-electron chi connectivity index (χ1n) is 22.7. The number of aliphatic hydroxyl groups is 2. The van der Waals surface area contributed by atoms with E-state index in [1.807, 2.05) is 50.2 Å². The third-order valence-electron chi connectivity index (χ3n) is 12.3. The monoisotopic (exact) mass is 990 g/mol. The molecule has 10 rings (SSSR count). The number of carboxylic acid groups (broad SMARTS) is 1. The molecule has 5 N–H and O–H groups in total. The molecule has 0 saturated carbocycles. The number of pyridine rings is 4. The van der Waals surface area contributed by atoms with Gasteiger partial charge in [0.1, 0.15) is 56.0 Å². The molecule has 0 spiro atoms. The van der Waals surface area contributed by atoms with E-state index in [1.54, 1.807) is 87.5 Å². The van der Waals surface area contributed by atoms with Crippen molar-refractivity contribution in [3.8, 4) is 32.6 Å². The van der Waals surface area contributed by atoms with E-state index >= 15 is 0 Å². The van der Waals surface area contributed by atoms with Crippen LogP contribution in [0.2, 0.25) is 0 Å². The summed E-state index contributed by atoms with van der Waals surface area (Å²) in [6, 6.07) is 25.2. The van der Waals surface area contributed by atoms with Crippen LogP contribution >= 0.6 is 22.7 Å². The molecule has 16 nitrogen and oxygen atoms in total. The highest BCUT2D eigenvalue weighted by atomic mass is 32.1. The lowest BCUT2D eigenvalue weighted by Crippen LogP contribution is -2.32. The maximum atomic E-state index is 12.0. The quantitative estimate of drug-likeness (QED) is 0.0718. The highest BCUT2D eigenvalue weighted by Crippen LogP contribution is 2.45. The van der Waals surface area contributed by atoms with E-state index < -0.39 is 17.2 Å². The van der Waals surface area contributed by atoms with Crippen LogP contribution in [-0.2, 0) is 28.8 Å². The lowest BCUT2D eigenvalue weighted by Gasteiger charge is -2.33. The molecular formula is C53H50N8O8S2. The van der Waals surface area contributed by atoms with Gasteiger partial charge in [0.15, 0.2) is 0 Å². The summed E-state index contributed by atoms with van der Waals surface area (Å²) in [6.45, 7) is 3.99. The first kappa shape index (κ1) is 48.4. The number of hydrogen-bond acceptors (Lipinski definition) is 17. The summed E-state index contributed by atoms with van der Waals surface area (Å²) in [7, 11) is 4.58. The second-order valence-corrected chi connectivity index (χ2v) is 19.3. The van der Waals surface area contributed by atoms with Crippen LogP contribution in [-0.4, -0.2) is 78.5 Å². The van der Waals surface area contributed by atoms with E-state index in [1.165, 1.54) is 29.8 Å². The van der Waals surface area contributed by atoms with E-state index in [0.717, 1.165) is 80.2 Å². The molecule has 2 unspecified atom stereocenters. The summed E-state index contributed by atoms with van der Waals surface area (Å²) < 4.78 is 15.4. The minimum absolute atomic E-state index is 0.224. The van der Waals surface area contributed by atoms with Crippen LogP contribution in [0.3, 0.4) is 0 Å². The first-order valence-corrected chi connectivity index (χ1v) is 24.4. The maximum absolute atomic E-state index is 12.0. The number of anilines is 4. The average Bonchev–Trinajstić information content (AvgIpc) is 4.09. The van der Waals surface area contributed by atoms with Gasteiger partial charge in [-0.05, 0) is 146 Å². The number of carboxylic acids is 1. The van der Waals surface area contributed by atoms with Gasteiger partial charge in [-0.1, -0.05) is 12.1 Å². The van der Waals surface area contributed by atoms with Crippen molar-refractivity contribution in [2.45, 2.75) is 63.6 Å². The lowest BCUT2D eigenvalue weighted by atomic mass is 9.79. The van der Waals surface area contributed by atoms with Crippen molar-refractivity contribution in [3.05, 3.63) is 164 Å². The molecule has 0 aliphatic heterocycles. The summed E-state index contributed by atoms with van der Waals surface area (Å²) in [6.07, 6.45) is 10.9. The van der Waals surface area contributed by atoms with Gasteiger partial charge >= 0.3 is 11.9 Å². The molecule has 6 heterocycles. The molecule has 0 saturated heterocycles. The fraction of sp³-hybridized carbons (Fsp3) is 0.245. The van der Waals surface area contributed by atoms with Gasteiger partial charge in [-0.25, -0.2) is 39.5 Å². The van der Waals surface area contributed by atoms with E-state index in [4.69, 9.17) is 24.2 Å². The fourth-order valence-electron chi connectivity index (χ4n) is 8.93. The Morgan fingerprint density at radius 2 is 1.06 bits per heavy atom. The minimum Gasteiger partial charge on any atom is -0.497 e. The zero-order valence-corrected chi connectivity index (χ0v) is 41.2. The Labute approximate surface area is 417 Å². The van der Waals surface area contributed by atoms with Gasteiger partial charge in [0, 0.05) is 36.9 Å². The second-order valence-electron chi connectivity index (χ2n) is 17.3. The number of nitrogens with one attached hydrogen (secondary N) is 2. The summed E-state index contributed by atoms with van der Waals surface area (Å²) in [5, 5.41) is 40.4. The van der Waals surface area contributed by atoms with Crippen molar-refractivity contribution in [2.24, 2.45) is 0 Å². The Morgan fingerprint density at radius 1 is 0.592 bits per heavy atom. The van der Waals surface area contributed by atoms with Gasteiger partial charge in [-0.15, -0.1) is 22.7 Å². The Kier molecular flexibility index (Phi) is 13.9. The minimum atomic E-state index is -1.26. The van der Waals surface area contributed by atoms with Gasteiger partial charge in [0.2, 0.25) is 0 Å². The molecule has 6 aromatic heterocycles. The molecule has 0 bridgehead atoms. The zero-order chi connectivity index (χ0) is 49.9. The molecule has 2 aliphatic rings. The summed E-state index contributed by atoms with van der Waals surface area (Å²) in [5.74, 6) is 2.57. The topological polar surface area (TPSA) is 224 Å². The number of nitrogens with zero attached hydrogens (tertiary/aromatic N) is 6. The number of thiazole rings is 2. The highest BCUT2D eigenvalue weighted by Gasteiger charge is 2.40. The van der Waals surface area contributed by atoms with Crippen LogP contribution in [0, 0.1) is 13.8 Å².